The van der Waals surface area contributed by atoms with Crippen LogP contribution in [0.2, 0.25) is 5.02 Å². The van der Waals surface area contributed by atoms with Gasteiger partial charge in [-0.2, -0.15) is 13.2 Å². The van der Waals surface area contributed by atoms with Crippen molar-refractivity contribution in [1.82, 2.24) is 4.57 Å². The topological polar surface area (TPSA) is 34.0 Å². The highest BCUT2D eigenvalue weighted by Crippen LogP contribution is 2.31. The van der Waals surface area contributed by atoms with Gasteiger partial charge in [0.25, 0.3) is 0 Å². The second-order valence-electron chi connectivity index (χ2n) is 5.73. The number of alkyl halides is 3. The molecule has 3 aromatic rings. The van der Waals surface area contributed by atoms with Gasteiger partial charge in [0.05, 0.1) is 16.3 Å². The van der Waals surface area contributed by atoms with E-state index in [4.69, 9.17) is 11.6 Å². The molecule has 0 atom stereocenters. The number of fused-ring (bicyclic) bond motifs is 1. The third-order valence-corrected chi connectivity index (χ3v) is 4.22. The summed E-state index contributed by atoms with van der Waals surface area (Å²) in [4.78, 5) is 11.4. The lowest BCUT2D eigenvalue weighted by molar-refractivity contribution is -0.137. The van der Waals surface area contributed by atoms with Gasteiger partial charge in [0.15, 0.2) is 0 Å². The summed E-state index contributed by atoms with van der Waals surface area (Å²) in [6.07, 6.45) is -1.48. The molecule has 0 bridgehead atoms. The van der Waals surface area contributed by atoms with Gasteiger partial charge in [-0.15, -0.1) is 0 Å². The Morgan fingerprint density at radius 1 is 1.23 bits per heavy atom. The maximum atomic E-state index is 12.9. The van der Waals surface area contributed by atoms with Gasteiger partial charge in [0.2, 0.25) is 5.91 Å². The molecule has 0 saturated carbocycles. The van der Waals surface area contributed by atoms with Crippen molar-refractivity contribution >= 4 is 34.1 Å². The summed E-state index contributed by atoms with van der Waals surface area (Å²) in [5, 5.41) is 3.75. The molecule has 1 heterocycles. The van der Waals surface area contributed by atoms with Gasteiger partial charge in [-0.3, -0.25) is 4.79 Å². The molecule has 0 saturated heterocycles. The van der Waals surface area contributed by atoms with E-state index in [9.17, 15) is 18.0 Å². The summed E-state index contributed by atoms with van der Waals surface area (Å²) >= 11 is 6.21. The van der Waals surface area contributed by atoms with E-state index in [0.717, 1.165) is 29.1 Å². The number of carbonyl (C=O) groups is 1. The van der Waals surface area contributed by atoms with E-state index in [-0.39, 0.29) is 12.5 Å². The minimum Gasteiger partial charge on any atom is -0.343 e. The fourth-order valence-corrected chi connectivity index (χ4v) is 2.88. The molecule has 0 aliphatic heterocycles. The first kappa shape index (κ1) is 18.1. The first-order chi connectivity index (χ1) is 12.3. The predicted molar refractivity (Wildman–Crippen MR) is 96.3 cm³/mol. The average Bonchev–Trinajstić information content (AvgIpc) is 2.96. The number of hydrogen-bond donors (Lipinski definition) is 1. The first-order valence-electron chi connectivity index (χ1n) is 7.66. The van der Waals surface area contributed by atoms with Crippen LogP contribution in [0.25, 0.3) is 10.9 Å². The lowest BCUT2D eigenvalue weighted by atomic mass is 10.1. The lowest BCUT2D eigenvalue weighted by Crippen LogP contribution is -2.08. The van der Waals surface area contributed by atoms with Crippen molar-refractivity contribution < 1.29 is 18.0 Å². The number of halogens is 4. The zero-order chi connectivity index (χ0) is 18.9. The number of hydrogen-bond acceptors (Lipinski definition) is 1. The molecule has 0 spiro atoms. The van der Waals surface area contributed by atoms with Gasteiger partial charge < -0.3 is 9.88 Å². The van der Waals surface area contributed by atoms with Crippen LogP contribution in [0.3, 0.4) is 0 Å². The Bertz CT molecular complexity index is 992. The fraction of sp³-hybridized carbons (Fsp3) is 0.105. The minimum atomic E-state index is -4.38. The Morgan fingerprint density at radius 3 is 2.69 bits per heavy atom. The van der Waals surface area contributed by atoms with Gasteiger partial charge in [-0.25, -0.2) is 0 Å². The van der Waals surface area contributed by atoms with Crippen LogP contribution < -0.4 is 5.32 Å². The van der Waals surface area contributed by atoms with Crippen molar-refractivity contribution in [3.63, 3.8) is 0 Å². The Hall–Kier alpha value is -2.73. The van der Waals surface area contributed by atoms with Crippen LogP contribution in [0.5, 0.6) is 0 Å². The average molecular weight is 379 g/mol. The zero-order valence-electron chi connectivity index (χ0n) is 13.5. The quantitative estimate of drug-likeness (QED) is 0.599. The third-order valence-electron chi connectivity index (χ3n) is 3.91. The van der Waals surface area contributed by atoms with E-state index in [1.807, 2.05) is 6.07 Å². The number of aromatic nitrogens is 1. The van der Waals surface area contributed by atoms with Crippen LogP contribution in [-0.2, 0) is 17.5 Å². The van der Waals surface area contributed by atoms with Crippen molar-refractivity contribution in [1.29, 1.82) is 0 Å². The molecule has 0 aliphatic rings. The molecule has 134 valence electrons. The standard InChI is InChI=1S/C19H14ClF3N2O/c1-2-18(26)24-16-9-13-6-7-25(17(13)10-15(16)20)11-12-4-3-5-14(8-12)19(21,22)23/h2-10H,1,11H2,(H,24,26). The molecular weight excluding hydrogens is 365 g/mol. The maximum Gasteiger partial charge on any atom is 0.416 e. The molecule has 0 aliphatic carbocycles. The Labute approximate surface area is 152 Å². The molecule has 1 aromatic heterocycles. The van der Waals surface area contributed by atoms with Gasteiger partial charge in [0, 0.05) is 23.6 Å². The van der Waals surface area contributed by atoms with E-state index in [0.29, 0.717) is 16.3 Å². The van der Waals surface area contributed by atoms with E-state index in [2.05, 4.69) is 11.9 Å². The molecule has 1 N–H and O–H groups in total. The van der Waals surface area contributed by atoms with Gasteiger partial charge >= 0.3 is 6.18 Å². The van der Waals surface area contributed by atoms with Crippen LogP contribution >= 0.6 is 11.6 Å². The van der Waals surface area contributed by atoms with Crippen LogP contribution in [0.4, 0.5) is 18.9 Å². The van der Waals surface area contributed by atoms with E-state index >= 15 is 0 Å². The molecule has 26 heavy (non-hydrogen) atoms. The summed E-state index contributed by atoms with van der Waals surface area (Å²) in [7, 11) is 0. The summed E-state index contributed by atoms with van der Waals surface area (Å²) in [5.74, 6) is -0.380. The van der Waals surface area contributed by atoms with Crippen LogP contribution in [-0.4, -0.2) is 10.5 Å². The molecule has 0 fully saturated rings. The first-order valence-corrected chi connectivity index (χ1v) is 8.03. The van der Waals surface area contributed by atoms with E-state index < -0.39 is 11.7 Å². The highest BCUT2D eigenvalue weighted by molar-refractivity contribution is 6.34. The molecule has 0 unspecified atom stereocenters. The van der Waals surface area contributed by atoms with Crippen molar-refractivity contribution in [2.45, 2.75) is 12.7 Å². The number of benzene rings is 2. The Balaban J connectivity index is 1.93. The van der Waals surface area contributed by atoms with Crippen LogP contribution in [0, 0.1) is 0 Å². The monoisotopic (exact) mass is 378 g/mol. The number of rotatable bonds is 4. The zero-order valence-corrected chi connectivity index (χ0v) is 14.2. The van der Waals surface area contributed by atoms with Crippen molar-refractivity contribution in [3.8, 4) is 0 Å². The van der Waals surface area contributed by atoms with Gasteiger partial charge in [-0.1, -0.05) is 30.3 Å². The number of amides is 1. The van der Waals surface area contributed by atoms with Crippen molar-refractivity contribution in [2.75, 3.05) is 5.32 Å². The number of carbonyl (C=O) groups excluding carboxylic acids is 1. The normalized spacial score (nSPS) is 11.5. The SMILES string of the molecule is C=CC(=O)Nc1cc2ccn(Cc3cccc(C(F)(F)F)c3)c2cc1Cl. The van der Waals surface area contributed by atoms with Gasteiger partial charge in [-0.05, 0) is 42.0 Å². The van der Waals surface area contributed by atoms with Crippen molar-refractivity contribution in [2.24, 2.45) is 0 Å². The third kappa shape index (κ3) is 3.75. The van der Waals surface area contributed by atoms with Crippen LogP contribution in [0.1, 0.15) is 11.1 Å². The van der Waals surface area contributed by atoms with Crippen LogP contribution in [0.15, 0.2) is 61.3 Å². The molecule has 1 amide bonds. The molecular formula is C19H14ClF3N2O. The number of nitrogens with one attached hydrogen (secondary N) is 1. The summed E-state index contributed by atoms with van der Waals surface area (Å²) < 4.78 is 40.4. The van der Waals surface area contributed by atoms with Crippen molar-refractivity contribution in [3.05, 3.63) is 77.5 Å². The Kier molecular flexibility index (Phi) is 4.78. The Morgan fingerprint density at radius 2 is 2.00 bits per heavy atom. The largest absolute Gasteiger partial charge is 0.416 e. The maximum absolute atomic E-state index is 12.9. The van der Waals surface area contributed by atoms with Gasteiger partial charge in [0.1, 0.15) is 0 Å². The highest BCUT2D eigenvalue weighted by Gasteiger charge is 2.30. The second kappa shape index (κ2) is 6.88. The molecule has 0 radical (unpaired) electrons. The van der Waals surface area contributed by atoms with E-state index in [1.54, 1.807) is 29.0 Å². The number of anilines is 1. The summed E-state index contributed by atoms with van der Waals surface area (Å²) in [5.41, 5.74) is 1.04. The predicted octanol–water partition coefficient (Wildman–Crippen LogP) is 5.49. The molecule has 7 heteroatoms. The minimum absolute atomic E-state index is 0.266. The number of nitrogens with zero attached hydrogens (tertiary/aromatic N) is 1. The highest BCUT2D eigenvalue weighted by atomic mass is 35.5. The second-order valence-corrected chi connectivity index (χ2v) is 6.13. The summed E-state index contributed by atoms with van der Waals surface area (Å²) in [6.45, 7) is 3.65. The summed E-state index contributed by atoms with van der Waals surface area (Å²) in [6, 6.07) is 10.4. The molecule has 2 aromatic carbocycles. The van der Waals surface area contributed by atoms with E-state index in [1.165, 1.54) is 6.07 Å². The molecule has 3 nitrogen and oxygen atoms in total. The smallest absolute Gasteiger partial charge is 0.343 e. The fourth-order valence-electron chi connectivity index (χ4n) is 2.67. The lowest BCUT2D eigenvalue weighted by Gasteiger charge is -2.11. The molecule has 3 rings (SSSR count).